The maximum absolute atomic E-state index is 12.6. The molecule has 7 nitrogen and oxygen atoms in total. The number of carbonyl (C=O) groups excluding carboxylic acids is 2. The van der Waals surface area contributed by atoms with Crippen LogP contribution >= 0.6 is 0 Å². The standard InChI is InChI=1S/C30H34N2O5/c1-20(33)22-8-9-28(36-19-25-18-26(35-5)10-13-31-25)27(17-22)24-7-6-21-11-14-32(15-12-23(21)16-24)29(34)37-30(2,3)4/h6-10,13,16-18H,11-12,14-15,19H2,1-5H3. The number of methoxy groups -OCH3 is 1. The van der Waals surface area contributed by atoms with Crippen LogP contribution in [0.5, 0.6) is 11.5 Å². The number of rotatable bonds is 6. The van der Waals surface area contributed by atoms with E-state index in [1.807, 2.05) is 39.0 Å². The first-order valence-electron chi connectivity index (χ1n) is 12.5. The van der Waals surface area contributed by atoms with Gasteiger partial charge < -0.3 is 19.1 Å². The molecule has 1 amide bonds. The molecule has 0 aliphatic carbocycles. The van der Waals surface area contributed by atoms with Crippen molar-refractivity contribution < 1.29 is 23.8 Å². The minimum atomic E-state index is -0.526. The van der Waals surface area contributed by atoms with E-state index in [0.29, 0.717) is 30.2 Å². The number of hydrogen-bond donors (Lipinski definition) is 0. The van der Waals surface area contributed by atoms with E-state index < -0.39 is 5.60 Å². The number of benzene rings is 2. The van der Waals surface area contributed by atoms with E-state index in [4.69, 9.17) is 14.2 Å². The van der Waals surface area contributed by atoms with Crippen molar-refractivity contribution in [3.8, 4) is 22.6 Å². The molecule has 7 heteroatoms. The van der Waals surface area contributed by atoms with Crippen molar-refractivity contribution in [2.24, 2.45) is 0 Å². The van der Waals surface area contributed by atoms with Crippen molar-refractivity contribution in [1.82, 2.24) is 9.88 Å². The number of pyridine rings is 1. The molecule has 3 aromatic rings. The molecule has 194 valence electrons. The van der Waals surface area contributed by atoms with Crippen LogP contribution in [0.25, 0.3) is 11.1 Å². The molecular weight excluding hydrogens is 468 g/mol. The highest BCUT2D eigenvalue weighted by molar-refractivity contribution is 5.96. The molecule has 37 heavy (non-hydrogen) atoms. The zero-order valence-electron chi connectivity index (χ0n) is 22.2. The van der Waals surface area contributed by atoms with Crippen LogP contribution in [0.4, 0.5) is 4.79 Å². The minimum Gasteiger partial charge on any atom is -0.497 e. The third-order valence-corrected chi connectivity index (χ3v) is 6.26. The number of Topliss-reactive ketones (excluding diaryl/α,β-unsaturated/α-hetero) is 1. The lowest BCUT2D eigenvalue weighted by atomic mass is 9.94. The summed E-state index contributed by atoms with van der Waals surface area (Å²) in [6.07, 6.45) is 2.88. The number of fused-ring (bicyclic) bond motifs is 1. The average molecular weight is 503 g/mol. The maximum atomic E-state index is 12.6. The number of ketones is 1. The monoisotopic (exact) mass is 502 g/mol. The Morgan fingerprint density at radius 1 is 0.973 bits per heavy atom. The van der Waals surface area contributed by atoms with Gasteiger partial charge in [-0.2, -0.15) is 0 Å². The van der Waals surface area contributed by atoms with Gasteiger partial charge in [0.25, 0.3) is 0 Å². The third kappa shape index (κ3) is 6.67. The van der Waals surface area contributed by atoms with Crippen molar-refractivity contribution in [3.63, 3.8) is 0 Å². The summed E-state index contributed by atoms with van der Waals surface area (Å²) in [4.78, 5) is 30.9. The molecule has 0 fully saturated rings. The molecule has 1 aliphatic heterocycles. The summed E-state index contributed by atoms with van der Waals surface area (Å²) >= 11 is 0. The number of hydrogen-bond acceptors (Lipinski definition) is 6. The van der Waals surface area contributed by atoms with Crippen LogP contribution in [-0.2, 0) is 24.2 Å². The lowest BCUT2D eigenvalue weighted by Gasteiger charge is -2.26. The summed E-state index contributed by atoms with van der Waals surface area (Å²) < 4.78 is 17.0. The first-order chi connectivity index (χ1) is 17.6. The average Bonchev–Trinajstić information content (AvgIpc) is 3.09. The summed E-state index contributed by atoms with van der Waals surface area (Å²) in [7, 11) is 1.61. The van der Waals surface area contributed by atoms with Crippen LogP contribution in [0.15, 0.2) is 54.7 Å². The zero-order chi connectivity index (χ0) is 26.6. The second-order valence-electron chi connectivity index (χ2n) is 10.2. The summed E-state index contributed by atoms with van der Waals surface area (Å²) in [5, 5.41) is 0. The van der Waals surface area contributed by atoms with Crippen molar-refractivity contribution in [2.45, 2.75) is 52.7 Å². The minimum absolute atomic E-state index is 0.00924. The van der Waals surface area contributed by atoms with Crippen LogP contribution in [0, 0.1) is 0 Å². The highest BCUT2D eigenvalue weighted by atomic mass is 16.6. The van der Waals surface area contributed by atoms with Gasteiger partial charge in [0.05, 0.1) is 12.8 Å². The van der Waals surface area contributed by atoms with Gasteiger partial charge in [-0.15, -0.1) is 0 Å². The molecule has 2 aromatic carbocycles. The Morgan fingerprint density at radius 2 is 1.73 bits per heavy atom. The van der Waals surface area contributed by atoms with Gasteiger partial charge in [0, 0.05) is 36.5 Å². The Kier molecular flexibility index (Phi) is 7.81. The topological polar surface area (TPSA) is 78.0 Å². The number of aromatic nitrogens is 1. The van der Waals surface area contributed by atoms with Gasteiger partial charge in [-0.1, -0.05) is 18.2 Å². The lowest BCUT2D eigenvalue weighted by Crippen LogP contribution is -2.38. The summed E-state index contributed by atoms with van der Waals surface area (Å²) in [5.41, 5.74) is 5.02. The van der Waals surface area contributed by atoms with E-state index in [0.717, 1.165) is 29.7 Å². The van der Waals surface area contributed by atoms with E-state index in [-0.39, 0.29) is 18.5 Å². The molecule has 0 radical (unpaired) electrons. The normalized spacial score (nSPS) is 13.4. The van der Waals surface area contributed by atoms with Crippen molar-refractivity contribution in [1.29, 1.82) is 0 Å². The fraction of sp³-hybridized carbons (Fsp3) is 0.367. The summed E-state index contributed by atoms with van der Waals surface area (Å²) in [6.45, 7) is 8.66. The van der Waals surface area contributed by atoms with E-state index in [9.17, 15) is 9.59 Å². The Morgan fingerprint density at radius 3 is 2.43 bits per heavy atom. The van der Waals surface area contributed by atoms with E-state index in [1.54, 1.807) is 37.3 Å². The van der Waals surface area contributed by atoms with E-state index in [1.165, 1.54) is 11.1 Å². The second kappa shape index (κ2) is 11.0. The number of carbonyl (C=O) groups is 2. The molecule has 2 heterocycles. The molecule has 0 saturated carbocycles. The van der Waals surface area contributed by atoms with Gasteiger partial charge in [0.15, 0.2) is 5.78 Å². The SMILES string of the molecule is COc1ccnc(COc2ccc(C(C)=O)cc2-c2ccc3c(c2)CCN(C(=O)OC(C)(C)C)CC3)c1. The molecule has 4 rings (SSSR count). The highest BCUT2D eigenvalue weighted by Gasteiger charge is 2.24. The van der Waals surface area contributed by atoms with Crippen molar-refractivity contribution in [3.05, 3.63) is 77.1 Å². The Labute approximate surface area is 218 Å². The van der Waals surface area contributed by atoms with Crippen molar-refractivity contribution >= 4 is 11.9 Å². The van der Waals surface area contributed by atoms with Crippen LogP contribution in [-0.4, -0.2) is 47.6 Å². The fourth-order valence-corrected chi connectivity index (χ4v) is 4.32. The Balaban J connectivity index is 1.59. The van der Waals surface area contributed by atoms with Gasteiger partial charge in [0.1, 0.15) is 23.7 Å². The first-order valence-corrected chi connectivity index (χ1v) is 12.5. The van der Waals surface area contributed by atoms with E-state index >= 15 is 0 Å². The molecule has 0 N–H and O–H groups in total. The van der Waals surface area contributed by atoms with Crippen LogP contribution in [0.1, 0.15) is 54.9 Å². The van der Waals surface area contributed by atoms with Crippen LogP contribution in [0.3, 0.4) is 0 Å². The molecule has 0 spiro atoms. The lowest BCUT2D eigenvalue weighted by molar-refractivity contribution is 0.0258. The van der Waals surface area contributed by atoms with Crippen LogP contribution in [0.2, 0.25) is 0 Å². The molecule has 0 atom stereocenters. The van der Waals surface area contributed by atoms with Gasteiger partial charge in [0.2, 0.25) is 0 Å². The molecule has 1 aliphatic rings. The maximum Gasteiger partial charge on any atom is 0.410 e. The van der Waals surface area contributed by atoms with Gasteiger partial charge in [-0.25, -0.2) is 4.79 Å². The molecule has 0 saturated heterocycles. The Hall–Kier alpha value is -3.87. The predicted octanol–water partition coefficient (Wildman–Crippen LogP) is 5.87. The molecular formula is C30H34N2O5. The van der Waals surface area contributed by atoms with Crippen LogP contribution < -0.4 is 9.47 Å². The van der Waals surface area contributed by atoms with Gasteiger partial charge in [-0.3, -0.25) is 9.78 Å². The molecule has 0 bridgehead atoms. The summed E-state index contributed by atoms with van der Waals surface area (Å²) in [5.74, 6) is 1.37. The second-order valence-corrected chi connectivity index (χ2v) is 10.2. The predicted molar refractivity (Wildman–Crippen MR) is 142 cm³/mol. The fourth-order valence-electron chi connectivity index (χ4n) is 4.32. The van der Waals surface area contributed by atoms with Gasteiger partial charge in [-0.05, 0) is 81.5 Å². The number of nitrogens with zero attached hydrogens (tertiary/aromatic N) is 2. The smallest absolute Gasteiger partial charge is 0.410 e. The van der Waals surface area contributed by atoms with E-state index in [2.05, 4.69) is 23.2 Å². The largest absolute Gasteiger partial charge is 0.497 e. The quantitative estimate of drug-likeness (QED) is 0.392. The van der Waals surface area contributed by atoms with Crippen molar-refractivity contribution in [2.75, 3.05) is 20.2 Å². The third-order valence-electron chi connectivity index (χ3n) is 6.26. The summed E-state index contributed by atoms with van der Waals surface area (Å²) in [6, 6.07) is 15.4. The first kappa shape index (κ1) is 26.2. The molecule has 0 unspecified atom stereocenters. The Bertz CT molecular complexity index is 1300. The molecule has 1 aromatic heterocycles. The zero-order valence-corrected chi connectivity index (χ0v) is 22.2. The highest BCUT2D eigenvalue weighted by Crippen LogP contribution is 2.34. The van der Waals surface area contributed by atoms with Gasteiger partial charge >= 0.3 is 6.09 Å². The number of amides is 1. The number of ether oxygens (including phenoxy) is 3.